The number of carbonyl (C=O) groups is 2. The molecule has 90 valence electrons. The highest BCUT2D eigenvalue weighted by Gasteiger charge is 2.26. The van der Waals surface area contributed by atoms with Gasteiger partial charge in [0.2, 0.25) is 5.91 Å². The molecule has 0 aromatic heterocycles. The van der Waals surface area contributed by atoms with Gasteiger partial charge in [0.1, 0.15) is 12.4 Å². The van der Waals surface area contributed by atoms with Gasteiger partial charge in [-0.2, -0.15) is 0 Å². The topological polar surface area (TPSA) is 49.4 Å². The molecule has 1 saturated heterocycles. The molecule has 0 bridgehead atoms. The zero-order valence-corrected chi connectivity index (χ0v) is 9.71. The van der Waals surface area contributed by atoms with E-state index in [-0.39, 0.29) is 18.3 Å². The van der Waals surface area contributed by atoms with Crippen LogP contribution in [-0.4, -0.2) is 23.4 Å². The summed E-state index contributed by atoms with van der Waals surface area (Å²) in [6, 6.07) is 2.99. The molecule has 1 aromatic carbocycles. The second kappa shape index (κ2) is 4.16. The average molecular weight is 236 g/mol. The Kier molecular flexibility index (Phi) is 2.83. The van der Waals surface area contributed by atoms with Gasteiger partial charge in [-0.05, 0) is 30.5 Å². The predicted molar refractivity (Wildman–Crippen MR) is 59.8 cm³/mol. The highest BCUT2D eigenvalue weighted by molar-refractivity contribution is 6.01. The molecule has 0 saturated carbocycles. The maximum atomic E-state index is 13.4. The number of urea groups is 1. The van der Waals surface area contributed by atoms with Gasteiger partial charge in [0, 0.05) is 6.54 Å². The van der Waals surface area contributed by atoms with Crippen molar-refractivity contribution in [1.29, 1.82) is 0 Å². The molecule has 0 unspecified atom stereocenters. The van der Waals surface area contributed by atoms with Crippen molar-refractivity contribution in [3.05, 3.63) is 34.6 Å². The lowest BCUT2D eigenvalue weighted by atomic mass is 10.1. The number of rotatable bonds is 2. The summed E-state index contributed by atoms with van der Waals surface area (Å²) in [6.07, 6.45) is 0. The molecule has 0 atom stereocenters. The Morgan fingerprint density at radius 2 is 1.88 bits per heavy atom. The van der Waals surface area contributed by atoms with Crippen molar-refractivity contribution in [3.63, 3.8) is 0 Å². The Balaban J connectivity index is 2.19. The Labute approximate surface area is 98.4 Å². The summed E-state index contributed by atoms with van der Waals surface area (Å²) in [7, 11) is 0. The number of nitrogens with zero attached hydrogens (tertiary/aromatic N) is 1. The molecule has 1 N–H and O–H groups in total. The van der Waals surface area contributed by atoms with Gasteiger partial charge in [-0.25, -0.2) is 9.18 Å². The van der Waals surface area contributed by atoms with Crippen molar-refractivity contribution in [3.8, 4) is 0 Å². The van der Waals surface area contributed by atoms with Crippen molar-refractivity contribution in [2.24, 2.45) is 0 Å². The summed E-state index contributed by atoms with van der Waals surface area (Å²) in [5.74, 6) is -0.527. The highest BCUT2D eigenvalue weighted by atomic mass is 19.1. The number of hydrogen-bond acceptors (Lipinski definition) is 2. The van der Waals surface area contributed by atoms with Gasteiger partial charge in [0.15, 0.2) is 0 Å². The van der Waals surface area contributed by atoms with Crippen LogP contribution in [0.5, 0.6) is 0 Å². The maximum absolute atomic E-state index is 13.4. The van der Waals surface area contributed by atoms with Crippen LogP contribution in [0.15, 0.2) is 12.1 Å². The molecule has 0 aliphatic carbocycles. The molecule has 4 nitrogen and oxygen atoms in total. The van der Waals surface area contributed by atoms with E-state index < -0.39 is 6.03 Å². The zero-order valence-electron chi connectivity index (χ0n) is 9.71. The Hall–Kier alpha value is -1.91. The molecule has 5 heteroatoms. The summed E-state index contributed by atoms with van der Waals surface area (Å²) in [5, 5.41) is 2.20. The molecular weight excluding hydrogens is 223 g/mol. The molecule has 0 spiro atoms. The average Bonchev–Trinajstić information content (AvgIpc) is 2.54. The van der Waals surface area contributed by atoms with Crippen molar-refractivity contribution in [1.82, 2.24) is 10.2 Å². The smallest absolute Gasteiger partial charge is 0.311 e. The van der Waals surface area contributed by atoms with Crippen molar-refractivity contribution >= 4 is 11.9 Å². The first-order chi connectivity index (χ1) is 7.97. The van der Waals surface area contributed by atoms with Crippen LogP contribution in [0.3, 0.4) is 0 Å². The van der Waals surface area contributed by atoms with Crippen LogP contribution in [0, 0.1) is 19.7 Å². The van der Waals surface area contributed by atoms with Crippen LogP contribution in [0.2, 0.25) is 0 Å². The van der Waals surface area contributed by atoms with Crippen LogP contribution in [0.1, 0.15) is 16.7 Å². The van der Waals surface area contributed by atoms with Crippen LogP contribution in [0.4, 0.5) is 9.18 Å². The normalized spacial score (nSPS) is 15.4. The fourth-order valence-electron chi connectivity index (χ4n) is 1.96. The largest absolute Gasteiger partial charge is 0.324 e. The van der Waals surface area contributed by atoms with Gasteiger partial charge >= 0.3 is 6.03 Å². The van der Waals surface area contributed by atoms with E-state index in [9.17, 15) is 14.0 Å². The van der Waals surface area contributed by atoms with E-state index in [1.165, 1.54) is 4.90 Å². The second-order valence-corrected chi connectivity index (χ2v) is 4.25. The fraction of sp³-hybridized carbons (Fsp3) is 0.333. The number of imide groups is 1. The number of amides is 3. The second-order valence-electron chi connectivity index (χ2n) is 4.25. The first kappa shape index (κ1) is 11.6. The summed E-state index contributed by atoms with van der Waals surface area (Å²) in [6.45, 7) is 3.75. The molecule has 0 radical (unpaired) electrons. The number of halogens is 1. The van der Waals surface area contributed by atoms with Gasteiger partial charge < -0.3 is 4.90 Å². The minimum absolute atomic E-state index is 0.0638. The SMILES string of the molecule is Cc1cc(CN2CC(=O)NC2=O)cc(C)c1F. The Bertz CT molecular complexity index is 476. The van der Waals surface area contributed by atoms with E-state index in [1.807, 2.05) is 0 Å². The molecule has 1 aromatic rings. The van der Waals surface area contributed by atoms with Crippen molar-refractivity contribution in [2.45, 2.75) is 20.4 Å². The Morgan fingerprint density at radius 1 is 1.29 bits per heavy atom. The number of nitrogens with one attached hydrogen (secondary N) is 1. The predicted octanol–water partition coefficient (Wildman–Crippen LogP) is 1.49. The standard InChI is InChI=1S/C12H13FN2O2/c1-7-3-9(4-8(2)11(7)13)5-15-6-10(16)14-12(15)17/h3-4H,5-6H2,1-2H3,(H,14,16,17). The lowest BCUT2D eigenvalue weighted by molar-refractivity contribution is -0.118. The van der Waals surface area contributed by atoms with E-state index in [4.69, 9.17) is 0 Å². The van der Waals surface area contributed by atoms with E-state index >= 15 is 0 Å². The van der Waals surface area contributed by atoms with Gasteiger partial charge in [-0.3, -0.25) is 10.1 Å². The zero-order chi connectivity index (χ0) is 12.6. The molecular formula is C12H13FN2O2. The lowest BCUT2D eigenvalue weighted by Gasteiger charge is -2.14. The monoisotopic (exact) mass is 236 g/mol. The molecule has 1 fully saturated rings. The number of hydrogen-bond donors (Lipinski definition) is 1. The van der Waals surface area contributed by atoms with Crippen LogP contribution in [-0.2, 0) is 11.3 Å². The third-order valence-corrected chi connectivity index (χ3v) is 2.74. The molecule has 2 rings (SSSR count). The lowest BCUT2D eigenvalue weighted by Crippen LogP contribution is -2.27. The molecule has 1 aliphatic heterocycles. The third kappa shape index (κ3) is 2.27. The fourth-order valence-corrected chi connectivity index (χ4v) is 1.96. The van der Waals surface area contributed by atoms with Crippen LogP contribution in [0.25, 0.3) is 0 Å². The minimum Gasteiger partial charge on any atom is -0.311 e. The van der Waals surface area contributed by atoms with Crippen molar-refractivity contribution < 1.29 is 14.0 Å². The van der Waals surface area contributed by atoms with Gasteiger partial charge in [-0.1, -0.05) is 12.1 Å². The minimum atomic E-state index is -0.394. The van der Waals surface area contributed by atoms with Crippen molar-refractivity contribution in [2.75, 3.05) is 6.54 Å². The molecule has 1 heterocycles. The quantitative estimate of drug-likeness (QED) is 0.791. The van der Waals surface area contributed by atoms with Gasteiger partial charge in [0.25, 0.3) is 0 Å². The number of carbonyl (C=O) groups excluding carboxylic acids is 2. The molecule has 17 heavy (non-hydrogen) atoms. The molecule has 1 aliphatic rings. The van der Waals surface area contributed by atoms with Gasteiger partial charge in [-0.15, -0.1) is 0 Å². The Morgan fingerprint density at radius 3 is 2.35 bits per heavy atom. The van der Waals surface area contributed by atoms with E-state index in [0.717, 1.165) is 5.56 Å². The number of aryl methyl sites for hydroxylation is 2. The highest BCUT2D eigenvalue weighted by Crippen LogP contribution is 2.16. The number of benzene rings is 1. The summed E-state index contributed by atoms with van der Waals surface area (Å²) in [4.78, 5) is 23.8. The summed E-state index contributed by atoms with van der Waals surface area (Å²) >= 11 is 0. The van der Waals surface area contributed by atoms with E-state index in [1.54, 1.807) is 26.0 Å². The van der Waals surface area contributed by atoms with E-state index in [0.29, 0.717) is 17.7 Å². The van der Waals surface area contributed by atoms with Crippen LogP contribution >= 0.6 is 0 Å². The first-order valence-corrected chi connectivity index (χ1v) is 5.32. The third-order valence-electron chi connectivity index (χ3n) is 2.74. The first-order valence-electron chi connectivity index (χ1n) is 5.32. The van der Waals surface area contributed by atoms with E-state index in [2.05, 4.69) is 5.32 Å². The summed E-state index contributed by atoms with van der Waals surface area (Å²) < 4.78 is 13.4. The van der Waals surface area contributed by atoms with Gasteiger partial charge in [0.05, 0.1) is 0 Å². The summed E-state index contributed by atoms with van der Waals surface area (Å²) in [5.41, 5.74) is 1.92. The van der Waals surface area contributed by atoms with Crippen LogP contribution < -0.4 is 5.32 Å². The molecule has 3 amide bonds. The maximum Gasteiger partial charge on any atom is 0.324 e.